The molecule has 0 unspecified atom stereocenters. The minimum absolute atomic E-state index is 0.0962. The number of nitrogens with one attached hydrogen (secondary N) is 1. The smallest absolute Gasteiger partial charge is 0.261 e. The lowest BCUT2D eigenvalue weighted by atomic mass is 10.3. The van der Waals surface area contributed by atoms with Crippen molar-refractivity contribution >= 4 is 29.8 Å². The molecule has 0 heterocycles. The first kappa shape index (κ1) is 14.2. The lowest BCUT2D eigenvalue weighted by Crippen LogP contribution is -2.19. The lowest BCUT2D eigenvalue weighted by molar-refractivity contribution is 0.401. The van der Waals surface area contributed by atoms with E-state index in [1.165, 1.54) is 14.2 Å². The van der Waals surface area contributed by atoms with Crippen LogP contribution in [-0.2, 0) is 19.1 Å². The minimum atomic E-state index is -3.93. The van der Waals surface area contributed by atoms with Crippen molar-refractivity contribution in [1.29, 1.82) is 0 Å². The highest BCUT2D eigenvalue weighted by Crippen LogP contribution is 2.28. The zero-order valence-corrected chi connectivity index (χ0v) is 11.4. The van der Waals surface area contributed by atoms with Gasteiger partial charge in [-0.25, -0.2) is 21.6 Å². The molecule has 6 nitrogen and oxygen atoms in total. The summed E-state index contributed by atoms with van der Waals surface area (Å²) >= 11 is 0. The van der Waals surface area contributed by atoms with Crippen molar-refractivity contribution < 1.29 is 21.6 Å². The van der Waals surface area contributed by atoms with Crippen LogP contribution in [0, 0.1) is 0 Å². The summed E-state index contributed by atoms with van der Waals surface area (Å²) in [5.74, 6) is -0.0962. The van der Waals surface area contributed by atoms with Crippen LogP contribution in [0.1, 0.15) is 0 Å². The molecule has 0 saturated heterocycles. The number of halogens is 1. The third kappa shape index (κ3) is 3.09. The van der Waals surface area contributed by atoms with Gasteiger partial charge in [-0.15, -0.1) is 0 Å². The predicted octanol–water partition coefficient (Wildman–Crippen LogP) is 0.531. The third-order valence-corrected chi connectivity index (χ3v) is 4.78. The highest BCUT2D eigenvalue weighted by atomic mass is 35.7. The molecule has 96 valence electrons. The van der Waals surface area contributed by atoms with Crippen LogP contribution in [0.3, 0.4) is 0 Å². The highest BCUT2D eigenvalue weighted by molar-refractivity contribution is 8.13. The van der Waals surface area contributed by atoms with Gasteiger partial charge < -0.3 is 4.74 Å². The molecule has 9 heteroatoms. The van der Waals surface area contributed by atoms with E-state index in [4.69, 9.17) is 15.4 Å². The maximum absolute atomic E-state index is 11.6. The summed E-state index contributed by atoms with van der Waals surface area (Å²) in [6.45, 7) is 0. The van der Waals surface area contributed by atoms with Crippen molar-refractivity contribution in [3.8, 4) is 5.75 Å². The van der Waals surface area contributed by atoms with Gasteiger partial charge in [0.2, 0.25) is 10.0 Å². The van der Waals surface area contributed by atoms with Gasteiger partial charge in [0.25, 0.3) is 9.05 Å². The molecule has 0 fully saturated rings. The molecule has 0 saturated carbocycles. The second kappa shape index (κ2) is 4.81. The Balaban J connectivity index is 3.50. The Hall–Kier alpha value is -0.830. The molecule has 0 aromatic heterocycles. The zero-order valence-electron chi connectivity index (χ0n) is 8.97. The van der Waals surface area contributed by atoms with E-state index in [1.807, 2.05) is 0 Å². The Labute approximate surface area is 104 Å². The molecule has 0 spiro atoms. The second-order valence-electron chi connectivity index (χ2n) is 2.96. The van der Waals surface area contributed by atoms with E-state index >= 15 is 0 Å². The topological polar surface area (TPSA) is 89.5 Å². The van der Waals surface area contributed by atoms with Gasteiger partial charge in [0.05, 0.1) is 12.0 Å². The lowest BCUT2D eigenvalue weighted by Gasteiger charge is -2.09. The van der Waals surface area contributed by atoms with Crippen molar-refractivity contribution in [2.45, 2.75) is 9.79 Å². The number of hydrogen-bond acceptors (Lipinski definition) is 5. The summed E-state index contributed by atoms with van der Waals surface area (Å²) in [7, 11) is -0.0361. The van der Waals surface area contributed by atoms with Crippen LogP contribution in [0.15, 0.2) is 28.0 Å². The summed E-state index contributed by atoms with van der Waals surface area (Å²) in [4.78, 5) is -0.391. The van der Waals surface area contributed by atoms with Crippen molar-refractivity contribution in [2.24, 2.45) is 0 Å². The molecular formula is C8H10ClNO5S2. The van der Waals surface area contributed by atoms with Gasteiger partial charge >= 0.3 is 0 Å². The van der Waals surface area contributed by atoms with E-state index in [0.717, 1.165) is 18.2 Å². The molecule has 0 amide bonds. The first-order chi connectivity index (χ1) is 7.72. The van der Waals surface area contributed by atoms with Crippen LogP contribution in [0.5, 0.6) is 5.75 Å². The molecular weight excluding hydrogens is 290 g/mol. The number of ether oxygens (including phenoxy) is 1. The molecule has 1 aromatic rings. The van der Waals surface area contributed by atoms with Crippen LogP contribution in [0.25, 0.3) is 0 Å². The van der Waals surface area contributed by atoms with E-state index in [2.05, 4.69) is 4.72 Å². The van der Waals surface area contributed by atoms with Crippen molar-refractivity contribution in [3.05, 3.63) is 18.2 Å². The molecule has 17 heavy (non-hydrogen) atoms. The Bertz CT molecular complexity index is 623. The van der Waals surface area contributed by atoms with Crippen LogP contribution < -0.4 is 9.46 Å². The zero-order chi connectivity index (χ0) is 13.3. The van der Waals surface area contributed by atoms with Gasteiger partial charge in [0, 0.05) is 16.7 Å². The average Bonchev–Trinajstić information content (AvgIpc) is 2.27. The van der Waals surface area contributed by atoms with Crippen molar-refractivity contribution in [1.82, 2.24) is 4.72 Å². The molecule has 0 radical (unpaired) electrons. The monoisotopic (exact) mass is 299 g/mol. The van der Waals surface area contributed by atoms with E-state index in [1.54, 1.807) is 0 Å². The number of sulfonamides is 1. The highest BCUT2D eigenvalue weighted by Gasteiger charge is 2.20. The molecule has 0 aliphatic heterocycles. The van der Waals surface area contributed by atoms with Gasteiger partial charge in [0.1, 0.15) is 10.6 Å². The van der Waals surface area contributed by atoms with E-state index in [-0.39, 0.29) is 15.5 Å². The van der Waals surface area contributed by atoms with Gasteiger partial charge in [-0.1, -0.05) is 0 Å². The van der Waals surface area contributed by atoms with Crippen LogP contribution in [0.2, 0.25) is 0 Å². The molecule has 0 aliphatic carbocycles. The fraction of sp³-hybridized carbons (Fsp3) is 0.250. The van der Waals surface area contributed by atoms with Crippen LogP contribution in [-0.4, -0.2) is 31.0 Å². The van der Waals surface area contributed by atoms with Gasteiger partial charge in [0.15, 0.2) is 0 Å². The average molecular weight is 300 g/mol. The molecule has 1 N–H and O–H groups in total. The maximum atomic E-state index is 11.6. The van der Waals surface area contributed by atoms with Gasteiger partial charge in [-0.05, 0) is 19.2 Å². The first-order valence-electron chi connectivity index (χ1n) is 4.28. The number of hydrogen-bond donors (Lipinski definition) is 1. The number of rotatable bonds is 4. The summed E-state index contributed by atoms with van der Waals surface area (Å²) in [5.41, 5.74) is 0. The number of benzene rings is 1. The Kier molecular flexibility index (Phi) is 4.03. The van der Waals surface area contributed by atoms with Crippen molar-refractivity contribution in [2.75, 3.05) is 14.2 Å². The molecule has 0 aliphatic rings. The molecule has 1 aromatic carbocycles. The van der Waals surface area contributed by atoms with Gasteiger partial charge in [-0.3, -0.25) is 0 Å². The summed E-state index contributed by atoms with van der Waals surface area (Å²) in [6.07, 6.45) is 0. The first-order valence-corrected chi connectivity index (χ1v) is 8.08. The van der Waals surface area contributed by atoms with Crippen molar-refractivity contribution in [3.63, 3.8) is 0 Å². The predicted molar refractivity (Wildman–Crippen MR) is 62.3 cm³/mol. The normalized spacial score (nSPS) is 12.4. The quantitative estimate of drug-likeness (QED) is 0.819. The number of methoxy groups -OCH3 is 1. The second-order valence-corrected chi connectivity index (χ2v) is 7.38. The van der Waals surface area contributed by atoms with E-state index in [9.17, 15) is 16.8 Å². The SMILES string of the molecule is CNS(=O)(=O)c1ccc(S(=O)(=O)Cl)cc1OC. The van der Waals surface area contributed by atoms with E-state index < -0.39 is 19.1 Å². The Morgan fingerprint density at radius 1 is 1.24 bits per heavy atom. The Morgan fingerprint density at radius 3 is 2.24 bits per heavy atom. The molecule has 0 atom stereocenters. The maximum Gasteiger partial charge on any atom is 0.261 e. The van der Waals surface area contributed by atoms with Gasteiger partial charge in [-0.2, -0.15) is 0 Å². The summed E-state index contributed by atoms with van der Waals surface area (Å²) < 4.78 is 52.2. The van der Waals surface area contributed by atoms with Crippen LogP contribution >= 0.6 is 10.7 Å². The third-order valence-electron chi connectivity index (χ3n) is 1.97. The standard InChI is InChI=1S/C8H10ClNO5S2/c1-10-17(13,14)8-4-3-6(16(9,11)12)5-7(8)15-2/h3-5,10H,1-2H3. The molecule has 1 rings (SSSR count). The largest absolute Gasteiger partial charge is 0.495 e. The minimum Gasteiger partial charge on any atom is -0.495 e. The van der Waals surface area contributed by atoms with Crippen LogP contribution in [0.4, 0.5) is 0 Å². The fourth-order valence-corrected chi connectivity index (χ4v) is 2.77. The Morgan fingerprint density at radius 2 is 1.82 bits per heavy atom. The summed E-state index contributed by atoms with van der Waals surface area (Å²) in [6, 6.07) is 3.25. The fourth-order valence-electron chi connectivity index (χ4n) is 1.13. The van der Waals surface area contributed by atoms with E-state index in [0.29, 0.717) is 0 Å². The summed E-state index contributed by atoms with van der Waals surface area (Å²) in [5, 5.41) is 0. The molecule has 0 bridgehead atoms.